The number of benzene rings is 9. The third-order valence-corrected chi connectivity index (χ3v) is 12.4. The molecule has 0 aliphatic heterocycles. The van der Waals surface area contributed by atoms with Crippen molar-refractivity contribution in [1.82, 2.24) is 9.13 Å². The molecule has 0 aliphatic rings. The molecule has 13 rings (SSSR count). The maximum Gasteiger partial charge on any atom is 0.145 e. The largest absolute Gasteiger partial charge is 0.455 e. The highest BCUT2D eigenvalue weighted by Gasteiger charge is 2.24. The summed E-state index contributed by atoms with van der Waals surface area (Å²) in [5.41, 5.74) is 14.3. The van der Waals surface area contributed by atoms with E-state index in [1.807, 2.05) is 36.4 Å². The summed E-state index contributed by atoms with van der Waals surface area (Å²) in [4.78, 5) is 0. The van der Waals surface area contributed by atoms with Gasteiger partial charge in [0.15, 0.2) is 0 Å². The van der Waals surface area contributed by atoms with E-state index in [1.54, 1.807) is 0 Å². The van der Waals surface area contributed by atoms with Crippen molar-refractivity contribution in [2.24, 2.45) is 0 Å². The molecule has 0 fully saturated rings. The number of aromatic nitrogens is 2. The van der Waals surface area contributed by atoms with Crippen LogP contribution in [0.3, 0.4) is 0 Å². The first-order chi connectivity index (χ1) is 29.7. The second-order valence-electron chi connectivity index (χ2n) is 15.5. The first-order valence-electron chi connectivity index (χ1n) is 20.1. The predicted molar refractivity (Wildman–Crippen MR) is 245 cm³/mol. The number of fused-ring (bicyclic) bond motifs is 14. The molecule has 9 aromatic carbocycles. The number of nitriles is 1. The predicted octanol–water partition coefficient (Wildman–Crippen LogP) is 14.9. The molecule has 5 heteroatoms. The lowest BCUT2D eigenvalue weighted by Crippen LogP contribution is -2.01. The minimum absolute atomic E-state index is 0.586. The third-order valence-electron chi connectivity index (χ3n) is 12.4. The standard InChI is InChI=1S/C55H31N3O2/c56-32-36-15-11-20-38(53(36)58-45-21-7-4-19-43(45)51-48(58)29-26-41-39-17-5-8-22-49(39)59-54(41)51)35-14-10-16-37(30-35)57-46-27-24-34(33-12-2-1-3-13-33)31-44(46)52-47(57)28-25-42-40-18-6-9-23-50(40)60-55(42)52/h1-31H. The molecule has 0 atom stereocenters. The van der Waals surface area contributed by atoms with E-state index < -0.39 is 0 Å². The molecule has 0 unspecified atom stereocenters. The summed E-state index contributed by atoms with van der Waals surface area (Å²) >= 11 is 0. The minimum atomic E-state index is 0.586. The fraction of sp³-hybridized carbons (Fsp3) is 0. The van der Waals surface area contributed by atoms with Gasteiger partial charge in [-0.25, -0.2) is 0 Å². The number of hydrogen-bond donors (Lipinski definition) is 0. The summed E-state index contributed by atoms with van der Waals surface area (Å²) in [6.07, 6.45) is 0. The van der Waals surface area contributed by atoms with Gasteiger partial charge in [-0.1, -0.05) is 115 Å². The van der Waals surface area contributed by atoms with Crippen molar-refractivity contribution in [2.45, 2.75) is 0 Å². The number of hydrogen-bond acceptors (Lipinski definition) is 3. The molecular weight excluding hydrogens is 735 g/mol. The molecule has 0 N–H and O–H groups in total. The van der Waals surface area contributed by atoms with Crippen LogP contribution in [-0.4, -0.2) is 9.13 Å². The highest BCUT2D eigenvalue weighted by molar-refractivity contribution is 6.25. The van der Waals surface area contributed by atoms with Gasteiger partial charge < -0.3 is 18.0 Å². The first kappa shape index (κ1) is 32.7. The Morgan fingerprint density at radius 3 is 1.70 bits per heavy atom. The SMILES string of the molecule is N#Cc1cccc(-c2cccc(-n3c4ccc(-c5ccccc5)cc4c4c5oc6ccccc6c5ccc43)c2)c1-n1c2ccccc2c2c3oc4ccccc4c3ccc21. The molecule has 13 aromatic rings. The number of nitrogens with zero attached hydrogens (tertiary/aromatic N) is 3. The van der Waals surface area contributed by atoms with Crippen molar-refractivity contribution in [3.05, 3.63) is 194 Å². The van der Waals surface area contributed by atoms with Crippen molar-refractivity contribution in [3.8, 4) is 39.7 Å². The molecule has 0 saturated carbocycles. The second-order valence-corrected chi connectivity index (χ2v) is 15.5. The highest BCUT2D eigenvalue weighted by Crippen LogP contribution is 2.45. The van der Waals surface area contributed by atoms with Crippen molar-refractivity contribution in [1.29, 1.82) is 5.26 Å². The van der Waals surface area contributed by atoms with Gasteiger partial charge in [0.05, 0.1) is 44.1 Å². The lowest BCUT2D eigenvalue weighted by atomic mass is 9.99. The second kappa shape index (κ2) is 12.3. The molecule has 0 saturated heterocycles. The van der Waals surface area contributed by atoms with Gasteiger partial charge in [0.1, 0.15) is 28.4 Å². The van der Waals surface area contributed by atoms with Crippen molar-refractivity contribution >= 4 is 87.5 Å². The summed E-state index contributed by atoms with van der Waals surface area (Å²) < 4.78 is 17.9. The fourth-order valence-electron chi connectivity index (χ4n) is 9.77. The van der Waals surface area contributed by atoms with E-state index in [1.165, 1.54) is 0 Å². The van der Waals surface area contributed by atoms with Crippen LogP contribution in [0.5, 0.6) is 0 Å². The summed E-state index contributed by atoms with van der Waals surface area (Å²) in [6.45, 7) is 0. The van der Waals surface area contributed by atoms with Gasteiger partial charge in [-0.05, 0) is 89.5 Å². The number of furan rings is 2. The van der Waals surface area contributed by atoms with Crippen LogP contribution in [0, 0.1) is 11.3 Å². The van der Waals surface area contributed by atoms with Gasteiger partial charge in [-0.3, -0.25) is 0 Å². The zero-order valence-electron chi connectivity index (χ0n) is 32.1. The van der Waals surface area contributed by atoms with Crippen LogP contribution >= 0.6 is 0 Å². The smallest absolute Gasteiger partial charge is 0.145 e. The Kier molecular flexibility index (Phi) is 6.73. The zero-order chi connectivity index (χ0) is 39.5. The highest BCUT2D eigenvalue weighted by atomic mass is 16.3. The normalized spacial score (nSPS) is 12.0. The van der Waals surface area contributed by atoms with E-state index in [-0.39, 0.29) is 0 Å². The molecule has 60 heavy (non-hydrogen) atoms. The molecule has 4 aromatic heterocycles. The molecule has 278 valence electrons. The van der Waals surface area contributed by atoms with Gasteiger partial charge in [0.2, 0.25) is 0 Å². The lowest BCUT2D eigenvalue weighted by Gasteiger charge is -2.17. The monoisotopic (exact) mass is 765 g/mol. The quantitative estimate of drug-likeness (QED) is 0.179. The molecular formula is C55H31N3O2. The van der Waals surface area contributed by atoms with E-state index >= 15 is 0 Å². The van der Waals surface area contributed by atoms with Gasteiger partial charge in [-0.2, -0.15) is 5.26 Å². The zero-order valence-corrected chi connectivity index (χ0v) is 32.1. The topological polar surface area (TPSA) is 59.9 Å². The lowest BCUT2D eigenvalue weighted by molar-refractivity contribution is 0.672. The Balaban J connectivity index is 1.07. The molecule has 4 heterocycles. The maximum atomic E-state index is 10.8. The van der Waals surface area contributed by atoms with Crippen molar-refractivity contribution in [2.75, 3.05) is 0 Å². The Morgan fingerprint density at radius 2 is 0.967 bits per heavy atom. The molecule has 0 bridgehead atoms. The van der Waals surface area contributed by atoms with E-state index in [0.29, 0.717) is 5.56 Å². The first-order valence-corrected chi connectivity index (χ1v) is 20.1. The maximum absolute atomic E-state index is 10.8. The van der Waals surface area contributed by atoms with Crippen molar-refractivity contribution < 1.29 is 8.83 Å². The van der Waals surface area contributed by atoms with Gasteiger partial charge in [0.25, 0.3) is 0 Å². The number of rotatable bonds is 4. The minimum Gasteiger partial charge on any atom is -0.455 e. The van der Waals surface area contributed by atoms with Crippen LogP contribution in [0.1, 0.15) is 5.56 Å². The van der Waals surface area contributed by atoms with Gasteiger partial charge >= 0.3 is 0 Å². The molecule has 5 nitrogen and oxygen atoms in total. The third kappa shape index (κ3) is 4.50. The van der Waals surface area contributed by atoms with Gasteiger partial charge in [0, 0.05) is 43.6 Å². The summed E-state index contributed by atoms with van der Waals surface area (Å²) in [5.74, 6) is 0. The van der Waals surface area contributed by atoms with Gasteiger partial charge in [-0.15, -0.1) is 0 Å². The average Bonchev–Trinajstić information content (AvgIpc) is 4.06. The Bertz CT molecular complexity index is 3960. The van der Waals surface area contributed by atoms with Crippen molar-refractivity contribution in [3.63, 3.8) is 0 Å². The summed E-state index contributed by atoms with van der Waals surface area (Å²) in [5, 5.41) is 19.5. The number of para-hydroxylation sites is 4. The van der Waals surface area contributed by atoms with E-state index in [2.05, 4.69) is 167 Å². The Morgan fingerprint density at radius 1 is 0.383 bits per heavy atom. The van der Waals surface area contributed by atoms with Crippen LogP contribution in [0.25, 0.3) is 121 Å². The molecule has 0 amide bonds. The Hall–Kier alpha value is -8.33. The van der Waals surface area contributed by atoms with Crippen LogP contribution < -0.4 is 0 Å². The Labute approximate surface area is 342 Å². The summed E-state index contributed by atoms with van der Waals surface area (Å²) in [7, 11) is 0. The van der Waals surface area contributed by atoms with Crippen LogP contribution in [0.4, 0.5) is 0 Å². The molecule has 0 radical (unpaired) electrons. The molecule has 0 spiro atoms. The van der Waals surface area contributed by atoms with E-state index in [4.69, 9.17) is 8.83 Å². The van der Waals surface area contributed by atoms with E-state index in [0.717, 1.165) is 121 Å². The summed E-state index contributed by atoms with van der Waals surface area (Å²) in [6, 6.07) is 68.2. The van der Waals surface area contributed by atoms with Crippen LogP contribution in [-0.2, 0) is 0 Å². The van der Waals surface area contributed by atoms with E-state index in [9.17, 15) is 5.26 Å². The fourth-order valence-corrected chi connectivity index (χ4v) is 9.77. The van der Waals surface area contributed by atoms with Crippen LogP contribution in [0.2, 0.25) is 0 Å². The molecule has 0 aliphatic carbocycles. The average molecular weight is 766 g/mol. The van der Waals surface area contributed by atoms with Crippen LogP contribution in [0.15, 0.2) is 197 Å².